The van der Waals surface area contributed by atoms with Crippen LogP contribution in [0.3, 0.4) is 0 Å². The van der Waals surface area contributed by atoms with Crippen LogP contribution < -0.4 is 14.8 Å². The molecule has 7 heteroatoms. The lowest BCUT2D eigenvalue weighted by molar-refractivity contribution is -0.135. The molecular formula is C19H32ClN3O3. The van der Waals surface area contributed by atoms with Crippen molar-refractivity contribution in [3.05, 3.63) is 23.8 Å². The molecular weight excluding hydrogens is 354 g/mol. The number of carbonyl (C=O) groups excluding carboxylic acids is 1. The van der Waals surface area contributed by atoms with Crippen molar-refractivity contribution in [1.29, 1.82) is 0 Å². The highest BCUT2D eigenvalue weighted by Crippen LogP contribution is 2.30. The first-order chi connectivity index (χ1) is 11.9. The molecule has 26 heavy (non-hydrogen) atoms. The van der Waals surface area contributed by atoms with Gasteiger partial charge >= 0.3 is 0 Å². The molecule has 1 aromatic rings. The molecule has 1 N–H and O–H groups in total. The maximum absolute atomic E-state index is 12.0. The van der Waals surface area contributed by atoms with Crippen LogP contribution in [-0.2, 0) is 11.3 Å². The van der Waals surface area contributed by atoms with Crippen LogP contribution in [0.2, 0.25) is 0 Å². The van der Waals surface area contributed by atoms with Gasteiger partial charge < -0.3 is 19.7 Å². The molecule has 1 aliphatic rings. The molecule has 0 radical (unpaired) electrons. The summed E-state index contributed by atoms with van der Waals surface area (Å²) in [6.07, 6.45) is -0.547. The standard InChI is InChI=1S/C19H31N3O3.ClH/c1-6-24-18-11-16(13-22-10-9-20-14(2)12-22)7-8-17(18)25-15(3)19(23)21(4)5;/h7-8,11,14-15,20H,6,9-10,12-13H2,1-5H3;1H. The largest absolute Gasteiger partial charge is 0.490 e. The van der Waals surface area contributed by atoms with Gasteiger partial charge in [0.05, 0.1) is 6.61 Å². The zero-order valence-corrected chi connectivity index (χ0v) is 17.3. The van der Waals surface area contributed by atoms with E-state index >= 15 is 0 Å². The molecule has 1 fully saturated rings. The fourth-order valence-electron chi connectivity index (χ4n) is 3.03. The van der Waals surface area contributed by atoms with E-state index in [1.54, 1.807) is 21.0 Å². The second kappa shape index (κ2) is 10.6. The van der Waals surface area contributed by atoms with Crippen LogP contribution in [-0.4, -0.2) is 68.2 Å². The highest BCUT2D eigenvalue weighted by molar-refractivity contribution is 5.85. The molecule has 6 nitrogen and oxygen atoms in total. The normalized spacial score (nSPS) is 18.6. The third kappa shape index (κ3) is 6.34. The molecule has 1 aliphatic heterocycles. The lowest BCUT2D eigenvalue weighted by Crippen LogP contribution is -2.48. The number of benzene rings is 1. The van der Waals surface area contributed by atoms with Crippen molar-refractivity contribution in [2.75, 3.05) is 40.3 Å². The van der Waals surface area contributed by atoms with Gasteiger partial charge in [0.25, 0.3) is 5.91 Å². The highest BCUT2D eigenvalue weighted by Gasteiger charge is 2.20. The summed E-state index contributed by atoms with van der Waals surface area (Å²) in [5.74, 6) is 1.24. The van der Waals surface area contributed by atoms with Gasteiger partial charge in [-0.1, -0.05) is 6.07 Å². The monoisotopic (exact) mass is 385 g/mol. The lowest BCUT2D eigenvalue weighted by atomic mass is 10.1. The zero-order chi connectivity index (χ0) is 18.4. The Morgan fingerprint density at radius 3 is 2.73 bits per heavy atom. The fraction of sp³-hybridized carbons (Fsp3) is 0.632. The Balaban J connectivity index is 0.00000338. The van der Waals surface area contributed by atoms with Gasteiger partial charge in [-0.3, -0.25) is 9.69 Å². The molecule has 1 amide bonds. The van der Waals surface area contributed by atoms with Gasteiger partial charge in [0.15, 0.2) is 17.6 Å². The van der Waals surface area contributed by atoms with E-state index in [1.807, 2.05) is 19.1 Å². The Morgan fingerprint density at radius 1 is 1.38 bits per heavy atom. The Kier molecular flexibility index (Phi) is 9.19. The summed E-state index contributed by atoms with van der Waals surface area (Å²) in [7, 11) is 3.45. The molecule has 0 bridgehead atoms. The second-order valence-corrected chi connectivity index (χ2v) is 6.80. The van der Waals surface area contributed by atoms with E-state index in [2.05, 4.69) is 23.2 Å². The highest BCUT2D eigenvalue weighted by atomic mass is 35.5. The topological polar surface area (TPSA) is 54.0 Å². The molecule has 2 unspecified atom stereocenters. The first-order valence-electron chi connectivity index (χ1n) is 9.00. The number of likely N-dealkylation sites (N-methyl/N-ethyl adjacent to an activating group) is 1. The van der Waals surface area contributed by atoms with Crippen LogP contribution in [0.5, 0.6) is 11.5 Å². The Labute approximate surface area is 163 Å². The predicted molar refractivity (Wildman–Crippen MR) is 106 cm³/mol. The van der Waals surface area contributed by atoms with Crippen LogP contribution in [0.15, 0.2) is 18.2 Å². The van der Waals surface area contributed by atoms with Gasteiger partial charge in [0, 0.05) is 46.3 Å². The van der Waals surface area contributed by atoms with Crippen LogP contribution in [0.25, 0.3) is 0 Å². The van der Waals surface area contributed by atoms with Crippen molar-refractivity contribution in [2.45, 2.75) is 39.5 Å². The van der Waals surface area contributed by atoms with Gasteiger partial charge in [-0.2, -0.15) is 0 Å². The van der Waals surface area contributed by atoms with Crippen molar-refractivity contribution in [1.82, 2.24) is 15.1 Å². The van der Waals surface area contributed by atoms with Crippen molar-refractivity contribution in [3.8, 4) is 11.5 Å². The Hall–Kier alpha value is -1.50. The predicted octanol–water partition coefficient (Wildman–Crippen LogP) is 2.16. The maximum Gasteiger partial charge on any atom is 0.262 e. The van der Waals surface area contributed by atoms with E-state index in [-0.39, 0.29) is 18.3 Å². The first-order valence-corrected chi connectivity index (χ1v) is 9.00. The summed E-state index contributed by atoms with van der Waals surface area (Å²) >= 11 is 0. The summed E-state index contributed by atoms with van der Waals surface area (Å²) in [5.41, 5.74) is 1.19. The molecule has 148 valence electrons. The lowest BCUT2D eigenvalue weighted by Gasteiger charge is -2.32. The smallest absolute Gasteiger partial charge is 0.262 e. The molecule has 0 aromatic heterocycles. The van der Waals surface area contributed by atoms with Crippen molar-refractivity contribution in [2.24, 2.45) is 0 Å². The minimum absolute atomic E-state index is 0. The Bertz CT molecular complexity index is 583. The van der Waals surface area contributed by atoms with E-state index in [4.69, 9.17) is 9.47 Å². The Morgan fingerprint density at radius 2 is 2.12 bits per heavy atom. The number of halogens is 1. The number of ether oxygens (including phenoxy) is 2. The molecule has 2 atom stereocenters. The average molecular weight is 386 g/mol. The number of piperazine rings is 1. The fourth-order valence-corrected chi connectivity index (χ4v) is 3.03. The van der Waals surface area contributed by atoms with Crippen LogP contribution in [0, 0.1) is 0 Å². The number of rotatable bonds is 7. The molecule has 1 aromatic carbocycles. The minimum Gasteiger partial charge on any atom is -0.490 e. The van der Waals surface area contributed by atoms with Crippen molar-refractivity contribution in [3.63, 3.8) is 0 Å². The van der Waals surface area contributed by atoms with E-state index < -0.39 is 6.10 Å². The van der Waals surface area contributed by atoms with E-state index in [0.717, 1.165) is 26.2 Å². The molecule has 0 aliphatic carbocycles. The molecule has 0 spiro atoms. The van der Waals surface area contributed by atoms with Gasteiger partial charge in [0.1, 0.15) is 0 Å². The van der Waals surface area contributed by atoms with Gasteiger partial charge in [-0.05, 0) is 38.5 Å². The van der Waals surface area contributed by atoms with E-state index in [0.29, 0.717) is 24.1 Å². The second-order valence-electron chi connectivity index (χ2n) is 6.80. The first kappa shape index (κ1) is 22.5. The summed E-state index contributed by atoms with van der Waals surface area (Å²) in [4.78, 5) is 16.0. The number of amides is 1. The number of carbonyl (C=O) groups is 1. The molecule has 1 heterocycles. The SMILES string of the molecule is CCOc1cc(CN2CCNC(C)C2)ccc1OC(C)C(=O)N(C)C.Cl. The van der Waals surface area contributed by atoms with E-state index in [9.17, 15) is 4.79 Å². The molecule has 0 saturated carbocycles. The maximum atomic E-state index is 12.0. The third-order valence-electron chi connectivity index (χ3n) is 4.26. The van der Waals surface area contributed by atoms with Gasteiger partial charge in [0.2, 0.25) is 0 Å². The number of hydrogen-bond acceptors (Lipinski definition) is 5. The average Bonchev–Trinajstić information content (AvgIpc) is 2.56. The summed E-state index contributed by atoms with van der Waals surface area (Å²) in [6, 6.07) is 6.50. The van der Waals surface area contributed by atoms with Crippen LogP contribution in [0.1, 0.15) is 26.3 Å². The summed E-state index contributed by atoms with van der Waals surface area (Å²) in [6.45, 7) is 10.5. The summed E-state index contributed by atoms with van der Waals surface area (Å²) < 4.78 is 11.6. The van der Waals surface area contributed by atoms with Crippen molar-refractivity contribution >= 4 is 18.3 Å². The van der Waals surface area contributed by atoms with Gasteiger partial charge in [-0.15, -0.1) is 12.4 Å². The zero-order valence-electron chi connectivity index (χ0n) is 16.4. The number of nitrogens with zero attached hydrogens (tertiary/aromatic N) is 2. The summed E-state index contributed by atoms with van der Waals surface area (Å²) in [5, 5.41) is 3.46. The quantitative estimate of drug-likeness (QED) is 0.779. The number of nitrogens with one attached hydrogen (secondary N) is 1. The molecule has 2 rings (SSSR count). The van der Waals surface area contributed by atoms with Crippen LogP contribution >= 0.6 is 12.4 Å². The number of hydrogen-bond donors (Lipinski definition) is 1. The minimum atomic E-state index is -0.547. The van der Waals surface area contributed by atoms with Crippen molar-refractivity contribution < 1.29 is 14.3 Å². The van der Waals surface area contributed by atoms with Gasteiger partial charge in [-0.25, -0.2) is 0 Å². The van der Waals surface area contributed by atoms with E-state index in [1.165, 1.54) is 10.5 Å². The van der Waals surface area contributed by atoms with Crippen LogP contribution in [0.4, 0.5) is 0 Å². The third-order valence-corrected chi connectivity index (χ3v) is 4.26. The molecule has 1 saturated heterocycles.